The molecule has 0 aliphatic carbocycles. The second kappa shape index (κ2) is 4.84. The summed E-state index contributed by atoms with van der Waals surface area (Å²) >= 11 is 0. The van der Waals surface area contributed by atoms with Gasteiger partial charge in [0.2, 0.25) is 0 Å². The van der Waals surface area contributed by atoms with E-state index in [9.17, 15) is 4.79 Å². The molecule has 0 bridgehead atoms. The molecule has 0 radical (unpaired) electrons. The lowest BCUT2D eigenvalue weighted by Crippen LogP contribution is -2.07. The normalized spacial score (nSPS) is 11.2. The Bertz CT molecular complexity index is 605. The van der Waals surface area contributed by atoms with E-state index in [1.807, 2.05) is 29.8 Å². The van der Waals surface area contributed by atoms with E-state index >= 15 is 0 Å². The number of rotatable bonds is 3. The summed E-state index contributed by atoms with van der Waals surface area (Å²) in [5.74, 6) is 0.318. The number of aromatic nitrogens is 2. The Morgan fingerprint density at radius 3 is 2.50 bits per heavy atom. The van der Waals surface area contributed by atoms with Crippen LogP contribution in [-0.2, 0) is 6.42 Å². The van der Waals surface area contributed by atoms with Crippen molar-refractivity contribution in [1.82, 2.24) is 9.78 Å². The molecule has 3 nitrogen and oxygen atoms in total. The van der Waals surface area contributed by atoms with Gasteiger partial charge in [-0.3, -0.25) is 14.6 Å². The number of aromatic amines is 1. The van der Waals surface area contributed by atoms with Crippen LogP contribution in [0.5, 0.6) is 0 Å². The number of H-pyrrole nitrogens is 1. The SMILES string of the molecule is CCc1c(C(C)C)n(-c2ccccc2C)[nH]c1=O. The van der Waals surface area contributed by atoms with Gasteiger partial charge in [0, 0.05) is 5.56 Å². The molecule has 18 heavy (non-hydrogen) atoms. The number of aryl methyl sites for hydroxylation is 1. The number of hydrogen-bond acceptors (Lipinski definition) is 1. The molecule has 0 amide bonds. The molecule has 0 saturated carbocycles. The molecule has 0 unspecified atom stereocenters. The Morgan fingerprint density at radius 1 is 1.28 bits per heavy atom. The highest BCUT2D eigenvalue weighted by atomic mass is 16.1. The number of para-hydroxylation sites is 1. The molecule has 0 saturated heterocycles. The third-order valence-electron chi connectivity index (χ3n) is 3.29. The van der Waals surface area contributed by atoms with Gasteiger partial charge in [-0.15, -0.1) is 0 Å². The molecular formula is C15H20N2O. The van der Waals surface area contributed by atoms with Crippen molar-refractivity contribution in [3.8, 4) is 5.69 Å². The van der Waals surface area contributed by atoms with Crippen molar-refractivity contribution >= 4 is 0 Å². The van der Waals surface area contributed by atoms with Crippen LogP contribution in [0.25, 0.3) is 5.69 Å². The molecule has 2 aromatic rings. The fourth-order valence-electron chi connectivity index (χ4n) is 2.43. The van der Waals surface area contributed by atoms with Crippen LogP contribution >= 0.6 is 0 Å². The summed E-state index contributed by atoms with van der Waals surface area (Å²) in [7, 11) is 0. The molecule has 96 valence electrons. The first kappa shape index (κ1) is 12.7. The van der Waals surface area contributed by atoms with E-state index in [2.05, 4.69) is 31.9 Å². The largest absolute Gasteiger partial charge is 0.268 e. The first-order chi connectivity index (χ1) is 8.56. The highest BCUT2D eigenvalue weighted by Crippen LogP contribution is 2.22. The molecule has 1 aromatic carbocycles. The predicted molar refractivity (Wildman–Crippen MR) is 74.6 cm³/mol. The Hall–Kier alpha value is -1.77. The fourth-order valence-corrected chi connectivity index (χ4v) is 2.43. The van der Waals surface area contributed by atoms with Crippen LogP contribution in [0.15, 0.2) is 29.1 Å². The summed E-state index contributed by atoms with van der Waals surface area (Å²) < 4.78 is 1.95. The van der Waals surface area contributed by atoms with Gasteiger partial charge < -0.3 is 0 Å². The Morgan fingerprint density at radius 2 is 1.94 bits per heavy atom. The first-order valence-electron chi connectivity index (χ1n) is 6.46. The fraction of sp³-hybridized carbons (Fsp3) is 0.400. The van der Waals surface area contributed by atoms with Crippen LogP contribution in [0.2, 0.25) is 0 Å². The van der Waals surface area contributed by atoms with Crippen molar-refractivity contribution in [2.75, 3.05) is 0 Å². The quantitative estimate of drug-likeness (QED) is 0.884. The summed E-state index contributed by atoms with van der Waals surface area (Å²) in [6, 6.07) is 8.10. The maximum Gasteiger partial charge on any atom is 0.267 e. The Balaban J connectivity index is 2.73. The average molecular weight is 244 g/mol. The first-order valence-corrected chi connectivity index (χ1v) is 6.46. The Labute approximate surface area is 107 Å². The molecule has 0 aliphatic rings. The Kier molecular flexibility index (Phi) is 3.41. The van der Waals surface area contributed by atoms with Gasteiger partial charge in [0.15, 0.2) is 0 Å². The highest BCUT2D eigenvalue weighted by molar-refractivity contribution is 5.42. The van der Waals surface area contributed by atoms with E-state index < -0.39 is 0 Å². The van der Waals surface area contributed by atoms with E-state index in [0.29, 0.717) is 5.92 Å². The summed E-state index contributed by atoms with van der Waals surface area (Å²) in [4.78, 5) is 12.0. The lowest BCUT2D eigenvalue weighted by Gasteiger charge is -2.14. The van der Waals surface area contributed by atoms with E-state index in [0.717, 1.165) is 28.9 Å². The zero-order chi connectivity index (χ0) is 13.3. The van der Waals surface area contributed by atoms with Gasteiger partial charge in [0.1, 0.15) is 0 Å². The minimum absolute atomic E-state index is 0.0319. The summed E-state index contributed by atoms with van der Waals surface area (Å²) in [5, 5.41) is 2.96. The van der Waals surface area contributed by atoms with Crippen LogP contribution < -0.4 is 5.56 Å². The molecule has 0 fully saturated rings. The van der Waals surface area contributed by atoms with Gasteiger partial charge in [-0.1, -0.05) is 39.0 Å². The van der Waals surface area contributed by atoms with Gasteiger partial charge in [-0.2, -0.15) is 0 Å². The molecule has 1 aromatic heterocycles. The number of nitrogens with one attached hydrogen (secondary N) is 1. The van der Waals surface area contributed by atoms with Crippen LogP contribution in [-0.4, -0.2) is 9.78 Å². The van der Waals surface area contributed by atoms with Crippen molar-refractivity contribution in [3.63, 3.8) is 0 Å². The van der Waals surface area contributed by atoms with Crippen molar-refractivity contribution < 1.29 is 0 Å². The van der Waals surface area contributed by atoms with E-state index in [4.69, 9.17) is 0 Å². The average Bonchev–Trinajstić information content (AvgIpc) is 2.66. The zero-order valence-electron chi connectivity index (χ0n) is 11.4. The van der Waals surface area contributed by atoms with Crippen LogP contribution in [0.4, 0.5) is 0 Å². The maximum atomic E-state index is 12.0. The topological polar surface area (TPSA) is 37.8 Å². The summed E-state index contributed by atoms with van der Waals surface area (Å²) in [6.45, 7) is 8.33. The summed E-state index contributed by atoms with van der Waals surface area (Å²) in [5.41, 5.74) is 4.24. The molecule has 0 spiro atoms. The molecular weight excluding hydrogens is 224 g/mol. The molecule has 2 rings (SSSR count). The van der Waals surface area contributed by atoms with Gasteiger partial charge in [-0.25, -0.2) is 0 Å². The predicted octanol–water partition coefficient (Wildman–Crippen LogP) is 3.16. The second-order valence-corrected chi connectivity index (χ2v) is 4.93. The van der Waals surface area contributed by atoms with E-state index in [1.165, 1.54) is 0 Å². The lowest BCUT2D eigenvalue weighted by atomic mass is 10.0. The molecule has 0 aliphatic heterocycles. The number of benzene rings is 1. The lowest BCUT2D eigenvalue weighted by molar-refractivity contribution is 0.722. The van der Waals surface area contributed by atoms with Crippen LogP contribution in [0.1, 0.15) is 43.5 Å². The van der Waals surface area contributed by atoms with E-state index in [-0.39, 0.29) is 5.56 Å². The number of nitrogens with zero attached hydrogens (tertiary/aromatic N) is 1. The maximum absolute atomic E-state index is 12.0. The third kappa shape index (κ3) is 2.01. The minimum atomic E-state index is 0.0319. The standard InChI is InChI=1S/C15H20N2O/c1-5-12-14(10(2)3)17(16-15(12)18)13-9-7-6-8-11(13)4/h6-10H,5H2,1-4H3,(H,16,18). The molecule has 1 N–H and O–H groups in total. The highest BCUT2D eigenvalue weighted by Gasteiger charge is 2.17. The molecule has 0 atom stereocenters. The van der Waals surface area contributed by atoms with Crippen LogP contribution in [0, 0.1) is 6.92 Å². The van der Waals surface area contributed by atoms with Gasteiger partial charge in [0.25, 0.3) is 5.56 Å². The van der Waals surface area contributed by atoms with Gasteiger partial charge in [0.05, 0.1) is 11.4 Å². The van der Waals surface area contributed by atoms with Crippen molar-refractivity contribution in [2.24, 2.45) is 0 Å². The van der Waals surface area contributed by atoms with Gasteiger partial charge >= 0.3 is 0 Å². The van der Waals surface area contributed by atoms with Crippen molar-refractivity contribution in [1.29, 1.82) is 0 Å². The smallest absolute Gasteiger partial charge is 0.267 e. The zero-order valence-corrected chi connectivity index (χ0v) is 11.4. The second-order valence-electron chi connectivity index (χ2n) is 4.93. The van der Waals surface area contributed by atoms with Gasteiger partial charge in [-0.05, 0) is 30.9 Å². The van der Waals surface area contributed by atoms with Crippen molar-refractivity contribution in [3.05, 3.63) is 51.4 Å². The summed E-state index contributed by atoms with van der Waals surface area (Å²) in [6.07, 6.45) is 0.766. The number of hydrogen-bond donors (Lipinski definition) is 1. The van der Waals surface area contributed by atoms with Crippen molar-refractivity contribution in [2.45, 2.75) is 40.0 Å². The van der Waals surface area contributed by atoms with E-state index in [1.54, 1.807) is 0 Å². The molecule has 3 heteroatoms. The molecule has 1 heterocycles. The van der Waals surface area contributed by atoms with Crippen LogP contribution in [0.3, 0.4) is 0 Å². The monoisotopic (exact) mass is 244 g/mol. The minimum Gasteiger partial charge on any atom is -0.268 e. The third-order valence-corrected chi connectivity index (χ3v) is 3.29.